The number of terminal acetylenes is 1. The lowest BCUT2D eigenvalue weighted by atomic mass is 10.0. The summed E-state index contributed by atoms with van der Waals surface area (Å²) in [5.41, 5.74) is 1.84. The molecule has 4 rings (SSSR count). The SMILES string of the molecule is C#Cc1cc(CN2CCN(C(=O)Cc3cncc4ccccc34)[C@@H](C)C2)cc(S(=O)(=O)F)c1. The number of hydrogen-bond acceptors (Lipinski definition) is 5. The Morgan fingerprint density at radius 3 is 2.73 bits per heavy atom. The van der Waals surface area contributed by atoms with Gasteiger partial charge in [-0.1, -0.05) is 30.2 Å². The highest BCUT2D eigenvalue weighted by Gasteiger charge is 2.28. The fraction of sp³-hybridized carbons (Fsp3) is 0.280. The van der Waals surface area contributed by atoms with Crippen LogP contribution in [0.4, 0.5) is 3.89 Å². The van der Waals surface area contributed by atoms with Gasteiger partial charge in [0.25, 0.3) is 0 Å². The van der Waals surface area contributed by atoms with Crippen LogP contribution in [0, 0.1) is 12.3 Å². The molecule has 2 aromatic carbocycles. The zero-order valence-corrected chi connectivity index (χ0v) is 19.1. The first-order valence-electron chi connectivity index (χ1n) is 10.6. The van der Waals surface area contributed by atoms with E-state index in [4.69, 9.17) is 6.42 Å². The summed E-state index contributed by atoms with van der Waals surface area (Å²) in [5.74, 6) is 2.42. The molecule has 1 fully saturated rings. The van der Waals surface area contributed by atoms with Crippen LogP contribution in [0.5, 0.6) is 0 Å². The summed E-state index contributed by atoms with van der Waals surface area (Å²) < 4.78 is 36.2. The molecule has 0 bridgehead atoms. The fourth-order valence-corrected chi connectivity index (χ4v) is 4.93. The maximum Gasteiger partial charge on any atom is 0.332 e. The first kappa shape index (κ1) is 22.9. The molecular weight excluding hydrogens is 441 g/mol. The largest absolute Gasteiger partial charge is 0.337 e. The highest BCUT2D eigenvalue weighted by atomic mass is 32.3. The van der Waals surface area contributed by atoms with Gasteiger partial charge in [-0.2, -0.15) is 8.42 Å². The van der Waals surface area contributed by atoms with E-state index in [0.29, 0.717) is 37.3 Å². The van der Waals surface area contributed by atoms with Crippen molar-refractivity contribution in [2.45, 2.75) is 30.8 Å². The fourth-order valence-electron chi connectivity index (χ4n) is 4.37. The molecule has 0 saturated carbocycles. The van der Waals surface area contributed by atoms with Gasteiger partial charge in [-0.25, -0.2) is 0 Å². The van der Waals surface area contributed by atoms with Gasteiger partial charge in [0.2, 0.25) is 5.91 Å². The Kier molecular flexibility index (Phi) is 6.45. The summed E-state index contributed by atoms with van der Waals surface area (Å²) in [6.07, 6.45) is 9.22. The van der Waals surface area contributed by atoms with E-state index in [1.54, 1.807) is 18.5 Å². The van der Waals surface area contributed by atoms with E-state index < -0.39 is 15.1 Å². The van der Waals surface area contributed by atoms with Crippen molar-refractivity contribution in [2.75, 3.05) is 19.6 Å². The first-order chi connectivity index (χ1) is 15.7. The Balaban J connectivity index is 1.44. The van der Waals surface area contributed by atoms with Gasteiger partial charge in [-0.15, -0.1) is 10.3 Å². The average molecular weight is 466 g/mol. The molecule has 8 heteroatoms. The Bertz CT molecular complexity index is 1350. The molecule has 1 aliphatic rings. The highest BCUT2D eigenvalue weighted by molar-refractivity contribution is 7.86. The quantitative estimate of drug-likeness (QED) is 0.428. The Hall–Kier alpha value is -3.28. The minimum absolute atomic E-state index is 0.0330. The number of aromatic nitrogens is 1. The number of hydrogen-bond donors (Lipinski definition) is 0. The summed E-state index contributed by atoms with van der Waals surface area (Å²) in [4.78, 5) is 20.9. The molecule has 1 atom stereocenters. The smallest absolute Gasteiger partial charge is 0.332 e. The average Bonchev–Trinajstić information content (AvgIpc) is 2.78. The molecule has 1 aromatic heterocycles. The van der Waals surface area contributed by atoms with Crippen LogP contribution >= 0.6 is 0 Å². The summed E-state index contributed by atoms with van der Waals surface area (Å²) in [7, 11) is -4.85. The standard InChI is InChI=1S/C25H24FN3O3S/c1-3-19-10-20(12-23(11-19)33(26,31)32)17-28-8-9-29(18(2)16-28)25(30)13-22-15-27-14-21-6-4-5-7-24(21)22/h1,4-7,10-12,14-15,18H,8-9,13,16-17H2,2H3/t18-/m0/s1. The van der Waals surface area contributed by atoms with Crippen molar-refractivity contribution in [3.05, 3.63) is 71.5 Å². The topological polar surface area (TPSA) is 70.6 Å². The van der Waals surface area contributed by atoms with Crippen LogP contribution in [0.2, 0.25) is 0 Å². The molecule has 1 aliphatic heterocycles. The van der Waals surface area contributed by atoms with Crippen LogP contribution in [0.25, 0.3) is 10.8 Å². The van der Waals surface area contributed by atoms with Crippen LogP contribution in [0.15, 0.2) is 59.8 Å². The predicted molar refractivity (Wildman–Crippen MR) is 125 cm³/mol. The van der Waals surface area contributed by atoms with Gasteiger partial charge in [0.05, 0.1) is 6.42 Å². The van der Waals surface area contributed by atoms with E-state index in [9.17, 15) is 17.1 Å². The second-order valence-electron chi connectivity index (χ2n) is 8.32. The normalized spacial score (nSPS) is 17.1. The van der Waals surface area contributed by atoms with Gasteiger partial charge in [0.1, 0.15) is 4.90 Å². The zero-order chi connectivity index (χ0) is 23.6. The van der Waals surface area contributed by atoms with E-state index in [1.807, 2.05) is 36.1 Å². The predicted octanol–water partition coefficient (Wildman–Crippen LogP) is 3.15. The number of nitrogens with zero attached hydrogens (tertiary/aromatic N) is 3. The number of carbonyl (C=O) groups is 1. The molecule has 170 valence electrons. The zero-order valence-electron chi connectivity index (χ0n) is 18.2. The maximum absolute atomic E-state index is 13.5. The second kappa shape index (κ2) is 9.30. The van der Waals surface area contributed by atoms with E-state index in [1.165, 1.54) is 6.07 Å². The summed E-state index contributed by atoms with van der Waals surface area (Å²) in [5, 5.41) is 2.03. The molecule has 3 aromatic rings. The Morgan fingerprint density at radius 1 is 1.21 bits per heavy atom. The monoisotopic (exact) mass is 465 g/mol. The second-order valence-corrected chi connectivity index (χ2v) is 9.66. The number of piperazine rings is 1. The minimum atomic E-state index is -4.85. The number of rotatable bonds is 5. The minimum Gasteiger partial charge on any atom is -0.337 e. The van der Waals surface area contributed by atoms with Crippen LogP contribution in [0.3, 0.4) is 0 Å². The molecule has 0 spiro atoms. The molecule has 0 aliphatic carbocycles. The number of amides is 1. The van der Waals surface area contributed by atoms with Crippen molar-refractivity contribution in [3.63, 3.8) is 0 Å². The molecule has 1 amide bonds. The van der Waals surface area contributed by atoms with Crippen LogP contribution in [0.1, 0.15) is 23.6 Å². The van der Waals surface area contributed by atoms with Crippen molar-refractivity contribution in [2.24, 2.45) is 0 Å². The lowest BCUT2D eigenvalue weighted by Crippen LogP contribution is -2.54. The van der Waals surface area contributed by atoms with Crippen LogP contribution in [-0.2, 0) is 28.0 Å². The third-order valence-corrected chi connectivity index (χ3v) is 6.74. The lowest BCUT2D eigenvalue weighted by molar-refractivity contribution is -0.135. The van der Waals surface area contributed by atoms with Gasteiger partial charge in [0, 0.05) is 55.6 Å². The van der Waals surface area contributed by atoms with Gasteiger partial charge in [-0.05, 0) is 41.6 Å². The number of halogens is 1. The van der Waals surface area contributed by atoms with Gasteiger partial charge in [-0.3, -0.25) is 14.7 Å². The number of carbonyl (C=O) groups excluding carboxylic acids is 1. The third-order valence-electron chi connectivity index (χ3n) is 5.95. The summed E-state index contributed by atoms with van der Waals surface area (Å²) in [6, 6.07) is 12.0. The molecule has 1 saturated heterocycles. The number of fused-ring (bicyclic) bond motifs is 1. The first-order valence-corrected chi connectivity index (χ1v) is 12.0. The molecule has 2 heterocycles. The number of pyridine rings is 1. The molecular formula is C25H24FN3O3S. The molecule has 33 heavy (non-hydrogen) atoms. The molecule has 0 radical (unpaired) electrons. The lowest BCUT2D eigenvalue weighted by Gasteiger charge is -2.40. The van der Waals surface area contributed by atoms with E-state index >= 15 is 0 Å². The van der Waals surface area contributed by atoms with Crippen molar-refractivity contribution >= 4 is 26.9 Å². The van der Waals surface area contributed by atoms with Crippen molar-refractivity contribution < 1.29 is 17.1 Å². The molecule has 6 nitrogen and oxygen atoms in total. The van der Waals surface area contributed by atoms with Crippen LogP contribution in [-0.4, -0.2) is 54.8 Å². The Morgan fingerprint density at radius 2 is 2.00 bits per heavy atom. The van der Waals surface area contributed by atoms with E-state index in [2.05, 4.69) is 15.8 Å². The van der Waals surface area contributed by atoms with Crippen molar-refractivity contribution in [1.29, 1.82) is 0 Å². The molecule has 0 unspecified atom stereocenters. The highest BCUT2D eigenvalue weighted by Crippen LogP contribution is 2.22. The summed E-state index contributed by atoms with van der Waals surface area (Å²) in [6.45, 7) is 4.17. The number of benzene rings is 2. The van der Waals surface area contributed by atoms with E-state index in [0.717, 1.165) is 22.4 Å². The van der Waals surface area contributed by atoms with Gasteiger partial charge >= 0.3 is 10.2 Å². The van der Waals surface area contributed by atoms with Crippen molar-refractivity contribution in [3.8, 4) is 12.3 Å². The van der Waals surface area contributed by atoms with Crippen LogP contribution < -0.4 is 0 Å². The third kappa shape index (κ3) is 5.21. The van der Waals surface area contributed by atoms with E-state index in [-0.39, 0.29) is 18.4 Å². The Labute approximate surface area is 193 Å². The van der Waals surface area contributed by atoms with Gasteiger partial charge < -0.3 is 4.90 Å². The van der Waals surface area contributed by atoms with Gasteiger partial charge in [0.15, 0.2) is 0 Å². The summed E-state index contributed by atoms with van der Waals surface area (Å²) >= 11 is 0. The maximum atomic E-state index is 13.5. The molecule has 0 N–H and O–H groups in total. The van der Waals surface area contributed by atoms with Crippen molar-refractivity contribution in [1.82, 2.24) is 14.8 Å².